The van der Waals surface area contributed by atoms with E-state index in [1.54, 1.807) is 23.6 Å². The number of aliphatic hydroxyl groups is 1. The molecule has 1 saturated heterocycles. The van der Waals surface area contributed by atoms with Crippen LogP contribution in [-0.2, 0) is 10.5 Å². The quantitative estimate of drug-likeness (QED) is 0.903. The van der Waals surface area contributed by atoms with Crippen molar-refractivity contribution in [1.29, 1.82) is 0 Å². The van der Waals surface area contributed by atoms with Crippen molar-refractivity contribution in [2.45, 2.75) is 25.2 Å². The Morgan fingerprint density at radius 1 is 1.50 bits per heavy atom. The summed E-state index contributed by atoms with van der Waals surface area (Å²) in [7, 11) is 0. The highest BCUT2D eigenvalue weighted by atomic mass is 32.2. The lowest BCUT2D eigenvalue weighted by Crippen LogP contribution is -2.62. The SMILES string of the molecule is Cc1cccc(CSCC(=O)N2CC(C)(O)C2)c1. The van der Waals surface area contributed by atoms with Gasteiger partial charge in [0, 0.05) is 5.75 Å². The van der Waals surface area contributed by atoms with Gasteiger partial charge in [-0.1, -0.05) is 29.8 Å². The van der Waals surface area contributed by atoms with Crippen LogP contribution in [0.1, 0.15) is 18.1 Å². The average Bonchev–Trinajstić information content (AvgIpc) is 2.25. The second-order valence-electron chi connectivity index (χ2n) is 5.23. The van der Waals surface area contributed by atoms with Crippen LogP contribution in [-0.4, -0.2) is 40.4 Å². The van der Waals surface area contributed by atoms with Crippen LogP contribution in [0.2, 0.25) is 0 Å². The number of aryl methyl sites for hydroxylation is 1. The lowest BCUT2D eigenvalue weighted by molar-refractivity contribution is -0.149. The predicted octanol–water partition coefficient (Wildman–Crippen LogP) is 1.82. The molecule has 2 rings (SSSR count). The molecule has 18 heavy (non-hydrogen) atoms. The second-order valence-corrected chi connectivity index (χ2v) is 6.21. The van der Waals surface area contributed by atoms with Crippen molar-refractivity contribution >= 4 is 17.7 Å². The Labute approximate surface area is 112 Å². The number of hydrogen-bond donors (Lipinski definition) is 1. The van der Waals surface area contributed by atoms with Gasteiger partial charge in [0.2, 0.25) is 5.91 Å². The molecule has 1 aliphatic heterocycles. The van der Waals surface area contributed by atoms with Crippen molar-refractivity contribution in [3.05, 3.63) is 35.4 Å². The summed E-state index contributed by atoms with van der Waals surface area (Å²) in [4.78, 5) is 13.5. The lowest BCUT2D eigenvalue weighted by atomic mass is 9.97. The maximum Gasteiger partial charge on any atom is 0.232 e. The Morgan fingerprint density at radius 3 is 2.83 bits per heavy atom. The molecule has 1 heterocycles. The Kier molecular flexibility index (Phi) is 3.97. The molecule has 0 saturated carbocycles. The highest BCUT2D eigenvalue weighted by Crippen LogP contribution is 2.21. The fourth-order valence-electron chi connectivity index (χ4n) is 2.10. The van der Waals surface area contributed by atoms with Crippen molar-refractivity contribution in [2.24, 2.45) is 0 Å². The Bertz CT molecular complexity index is 437. The van der Waals surface area contributed by atoms with Gasteiger partial charge in [-0.05, 0) is 19.4 Å². The summed E-state index contributed by atoms with van der Waals surface area (Å²) in [5.41, 5.74) is 1.83. The first-order chi connectivity index (χ1) is 8.46. The minimum Gasteiger partial charge on any atom is -0.386 e. The molecule has 0 spiro atoms. The van der Waals surface area contributed by atoms with Gasteiger partial charge < -0.3 is 10.0 Å². The first-order valence-electron chi connectivity index (χ1n) is 6.10. The average molecular weight is 265 g/mol. The lowest BCUT2D eigenvalue weighted by Gasteiger charge is -2.44. The molecule has 1 aliphatic rings. The molecule has 0 aromatic heterocycles. The van der Waals surface area contributed by atoms with Crippen LogP contribution in [0.5, 0.6) is 0 Å². The minimum atomic E-state index is -0.670. The smallest absolute Gasteiger partial charge is 0.232 e. The molecule has 1 amide bonds. The van der Waals surface area contributed by atoms with Gasteiger partial charge in [0.15, 0.2) is 0 Å². The maximum absolute atomic E-state index is 11.8. The number of rotatable bonds is 4. The van der Waals surface area contributed by atoms with Crippen molar-refractivity contribution in [2.75, 3.05) is 18.8 Å². The van der Waals surface area contributed by atoms with E-state index in [0.717, 1.165) is 5.75 Å². The van der Waals surface area contributed by atoms with Crippen LogP contribution in [0.4, 0.5) is 0 Å². The van der Waals surface area contributed by atoms with E-state index >= 15 is 0 Å². The number of carbonyl (C=O) groups excluding carboxylic acids is 1. The van der Waals surface area contributed by atoms with E-state index < -0.39 is 5.60 Å². The molecule has 0 unspecified atom stereocenters. The molecule has 1 N–H and O–H groups in total. The molecule has 0 radical (unpaired) electrons. The molecule has 0 bridgehead atoms. The van der Waals surface area contributed by atoms with E-state index in [9.17, 15) is 9.90 Å². The normalized spacial score (nSPS) is 17.4. The molecule has 4 heteroatoms. The monoisotopic (exact) mass is 265 g/mol. The highest BCUT2D eigenvalue weighted by Gasteiger charge is 2.38. The Morgan fingerprint density at radius 2 is 2.22 bits per heavy atom. The van der Waals surface area contributed by atoms with Gasteiger partial charge in [-0.3, -0.25) is 4.79 Å². The molecule has 1 aromatic carbocycles. The molecular weight excluding hydrogens is 246 g/mol. The van der Waals surface area contributed by atoms with Gasteiger partial charge >= 0.3 is 0 Å². The zero-order chi connectivity index (χ0) is 13.2. The van der Waals surface area contributed by atoms with Gasteiger partial charge in [0.05, 0.1) is 24.4 Å². The molecular formula is C14H19NO2S. The van der Waals surface area contributed by atoms with Crippen LogP contribution >= 0.6 is 11.8 Å². The second kappa shape index (κ2) is 5.33. The zero-order valence-corrected chi connectivity index (χ0v) is 11.7. The van der Waals surface area contributed by atoms with Crippen LogP contribution in [0, 0.1) is 6.92 Å². The number of likely N-dealkylation sites (tertiary alicyclic amines) is 1. The Balaban J connectivity index is 1.71. The Hall–Kier alpha value is -1.00. The summed E-state index contributed by atoms with van der Waals surface area (Å²) >= 11 is 1.63. The molecule has 0 aliphatic carbocycles. The van der Waals surface area contributed by atoms with Crippen molar-refractivity contribution in [3.63, 3.8) is 0 Å². The van der Waals surface area contributed by atoms with E-state index in [1.807, 2.05) is 6.07 Å². The minimum absolute atomic E-state index is 0.124. The highest BCUT2D eigenvalue weighted by molar-refractivity contribution is 7.99. The molecule has 0 atom stereocenters. The first-order valence-corrected chi connectivity index (χ1v) is 7.25. The summed E-state index contributed by atoms with van der Waals surface area (Å²) in [6.45, 7) is 4.77. The summed E-state index contributed by atoms with van der Waals surface area (Å²) in [6, 6.07) is 8.34. The van der Waals surface area contributed by atoms with E-state index in [0.29, 0.717) is 18.8 Å². The number of benzene rings is 1. The van der Waals surface area contributed by atoms with Crippen molar-refractivity contribution in [3.8, 4) is 0 Å². The summed E-state index contributed by atoms with van der Waals surface area (Å²) in [6.07, 6.45) is 0. The predicted molar refractivity (Wildman–Crippen MR) is 74.5 cm³/mol. The van der Waals surface area contributed by atoms with Crippen LogP contribution in [0.3, 0.4) is 0 Å². The summed E-state index contributed by atoms with van der Waals surface area (Å²) < 4.78 is 0. The van der Waals surface area contributed by atoms with E-state index in [1.165, 1.54) is 11.1 Å². The number of carbonyl (C=O) groups is 1. The van der Waals surface area contributed by atoms with E-state index in [4.69, 9.17) is 0 Å². The van der Waals surface area contributed by atoms with Crippen LogP contribution in [0.25, 0.3) is 0 Å². The third kappa shape index (κ3) is 3.50. The van der Waals surface area contributed by atoms with Gasteiger partial charge in [-0.2, -0.15) is 0 Å². The van der Waals surface area contributed by atoms with Crippen molar-refractivity contribution < 1.29 is 9.90 Å². The van der Waals surface area contributed by atoms with Gasteiger partial charge in [0.25, 0.3) is 0 Å². The van der Waals surface area contributed by atoms with E-state index in [-0.39, 0.29) is 5.91 Å². The molecule has 98 valence electrons. The number of amides is 1. The number of hydrogen-bond acceptors (Lipinski definition) is 3. The maximum atomic E-state index is 11.8. The molecule has 1 aromatic rings. The number of thioether (sulfide) groups is 1. The number of nitrogens with zero attached hydrogens (tertiary/aromatic N) is 1. The standard InChI is InChI=1S/C14H19NO2S/c1-11-4-3-5-12(6-11)7-18-8-13(16)15-9-14(2,17)10-15/h3-6,17H,7-10H2,1-2H3. The number of β-amino-alcohol motifs (C(OH)–C–C–N with tert-alkyl or cyclic N) is 1. The first kappa shape index (κ1) is 13.4. The summed E-state index contributed by atoms with van der Waals surface area (Å²) in [5.74, 6) is 1.47. The van der Waals surface area contributed by atoms with Gasteiger partial charge in [-0.25, -0.2) is 0 Å². The third-order valence-corrected chi connectivity index (χ3v) is 3.98. The van der Waals surface area contributed by atoms with Crippen LogP contribution in [0.15, 0.2) is 24.3 Å². The van der Waals surface area contributed by atoms with Gasteiger partial charge in [-0.15, -0.1) is 11.8 Å². The van der Waals surface area contributed by atoms with Crippen LogP contribution < -0.4 is 0 Å². The van der Waals surface area contributed by atoms with Gasteiger partial charge in [0.1, 0.15) is 0 Å². The fourth-order valence-corrected chi connectivity index (χ4v) is 2.98. The summed E-state index contributed by atoms with van der Waals surface area (Å²) in [5, 5.41) is 9.57. The molecule has 1 fully saturated rings. The largest absolute Gasteiger partial charge is 0.386 e. The molecule has 3 nitrogen and oxygen atoms in total. The zero-order valence-electron chi connectivity index (χ0n) is 10.8. The topological polar surface area (TPSA) is 40.5 Å². The third-order valence-electron chi connectivity index (χ3n) is 2.99. The van der Waals surface area contributed by atoms with E-state index in [2.05, 4.69) is 25.1 Å². The fraction of sp³-hybridized carbons (Fsp3) is 0.500. The van der Waals surface area contributed by atoms with Crippen molar-refractivity contribution in [1.82, 2.24) is 4.90 Å².